The number of nitrogens with zero attached hydrogens (tertiary/aromatic N) is 1. The molecule has 16 nitrogen and oxygen atoms in total. The van der Waals surface area contributed by atoms with Crippen molar-refractivity contribution in [3.63, 3.8) is 0 Å². The molecule has 0 saturated heterocycles. The molecule has 0 saturated carbocycles. The van der Waals surface area contributed by atoms with Gasteiger partial charge in [-0.15, -0.1) is 24.3 Å². The van der Waals surface area contributed by atoms with E-state index in [1.54, 1.807) is 74.6 Å². The number of aromatic carboxylic acids is 1. The second-order valence-electron chi connectivity index (χ2n) is 30.9. The molecule has 0 bridgehead atoms. The summed E-state index contributed by atoms with van der Waals surface area (Å²) in [5.41, 5.74) is 54.9. The summed E-state index contributed by atoms with van der Waals surface area (Å²) in [6.07, 6.45) is 0. The first-order chi connectivity index (χ1) is 54.0. The van der Waals surface area contributed by atoms with Gasteiger partial charge < -0.3 is 48.0 Å². The molecule has 1 radical (unpaired) electrons. The molecule has 10 N–H and O–H groups in total. The van der Waals surface area contributed by atoms with E-state index in [0.717, 1.165) is 112 Å². The molecule has 10 rings (SSSR count). The number of aryl methyl sites for hydroxylation is 6. The number of carboxylic acid groups (broad SMARTS) is 1. The summed E-state index contributed by atoms with van der Waals surface area (Å²) < 4.78 is 0. The van der Waals surface area contributed by atoms with Gasteiger partial charge in [-0.3, -0.25) is 24.0 Å². The van der Waals surface area contributed by atoms with Crippen LogP contribution in [0.1, 0.15) is 251 Å². The number of carbonyl (C=O) groups excluding carboxylic acids is 6. The second-order valence-corrected chi connectivity index (χ2v) is 30.9. The topological polar surface area (TPSA) is 276 Å². The van der Waals surface area contributed by atoms with Crippen LogP contribution in [0.4, 0.5) is 28.4 Å². The van der Waals surface area contributed by atoms with Crippen molar-refractivity contribution in [3.8, 4) is 6.07 Å². The van der Waals surface area contributed by atoms with E-state index in [4.69, 9.17) is 21.8 Å². The Morgan fingerprint density at radius 3 is 0.906 bits per heavy atom. The van der Waals surface area contributed by atoms with Crippen LogP contribution in [0, 0.1) is 232 Å². The van der Waals surface area contributed by atoms with Crippen molar-refractivity contribution >= 4 is 69.8 Å². The molecule has 0 aliphatic rings. The fraction of sp³-hybridized carbons (Fsp3) is 0.320. The number of carbonyl (C=O) groups is 7. The van der Waals surface area contributed by atoms with Crippen molar-refractivity contribution in [2.75, 3.05) is 34.0 Å². The average molecular weight is 1650 g/mol. The third-order valence-corrected chi connectivity index (χ3v) is 24.2. The first kappa shape index (κ1) is 98.2. The van der Waals surface area contributed by atoms with Gasteiger partial charge in [-0.2, -0.15) is 5.26 Å². The molecule has 10 aromatic rings. The summed E-state index contributed by atoms with van der Waals surface area (Å²) in [5.74, 6) is -2.33. The average Bonchev–Trinajstić information content (AvgIpc) is 0.720. The van der Waals surface area contributed by atoms with Gasteiger partial charge in [0.1, 0.15) is 0 Å². The van der Waals surface area contributed by atoms with E-state index in [2.05, 4.69) is 170 Å². The Morgan fingerprint density at radius 1 is 0.325 bits per heavy atom. The second kappa shape index (κ2) is 42.1. The van der Waals surface area contributed by atoms with E-state index in [9.17, 15) is 33.6 Å². The molecule has 0 unspecified atom stereocenters. The van der Waals surface area contributed by atoms with Crippen LogP contribution >= 0.6 is 0 Å². The van der Waals surface area contributed by atoms with Crippen LogP contribution in [-0.2, 0) is 32.7 Å². The molecule has 0 spiro atoms. The third-order valence-electron chi connectivity index (χ3n) is 24.2. The van der Waals surface area contributed by atoms with Gasteiger partial charge in [0.2, 0.25) is 11.8 Å². The van der Waals surface area contributed by atoms with E-state index < -0.39 is 11.9 Å². The molecule has 0 fully saturated rings. The largest absolute Gasteiger partial charge is 0.478 e. The molecule has 613 valence electrons. The number of hydrogen-bond donors (Lipinski definition) is 8. The van der Waals surface area contributed by atoms with Crippen LogP contribution in [0.2, 0.25) is 0 Å². The standard InChI is InChI=1S/C20H24N2O2.C20H23N2O2.C20H22N2O.C20H25NO.C11H17N.C9H10O2.Y/c1-10-7-8-16(19(21)23)9-17(10)20(24)22-18-14(5)12(3)11(2)13(4)15(18)6;1-11-12(2)14(4)18(15(5)13(11)3)22-20(24)17-9-7-8-16(10-17)19(23)21-6;1-11-7-8-17(10-21)9-18(11)20(23)22-19-15(5)13(3)12(2)14(4)16(19)6;1-11-8-9-12(2)18(10-11)20(22)21-19-16(6)14(4)13(3)15(5)17(19)7;1-6-7(2)9(4)11(12)10(5)8(6)3;1-6-3-4-7(2)8(5-6)9(10)11;/h7-9H,1-6H3,(H2,21,23)(H,22,24);7-8,10H,1-6H3,(H,21,23)(H,22,24);7-9H,1-6H3,(H,22,23);8-10H,1-7H3,(H,21,22);12H2,1-5H3;3-5H,1-2H3,(H,10,11);/q;-1;;;;;. The Labute approximate surface area is 721 Å². The van der Waals surface area contributed by atoms with Gasteiger partial charge in [-0.1, -0.05) is 53.1 Å². The molecule has 0 aliphatic carbocycles. The minimum absolute atomic E-state index is 0. The van der Waals surface area contributed by atoms with E-state index in [1.807, 2.05) is 106 Å². The summed E-state index contributed by atoms with van der Waals surface area (Å²) >= 11 is 0. The maximum absolute atomic E-state index is 12.8. The number of rotatable bonds is 11. The zero-order valence-electron chi connectivity index (χ0n) is 75.1. The Morgan fingerprint density at radius 2 is 0.598 bits per heavy atom. The van der Waals surface area contributed by atoms with Crippen molar-refractivity contribution < 1.29 is 71.4 Å². The first-order valence-electron chi connectivity index (χ1n) is 38.9. The third kappa shape index (κ3) is 23.2. The molecular weight excluding hydrogens is 1530 g/mol. The number of primary amides is 1. The maximum Gasteiger partial charge on any atom is 0.335 e. The summed E-state index contributed by atoms with van der Waals surface area (Å²) in [6, 6.07) is 31.2. The molecule has 17 heteroatoms. The number of nitrogens with two attached hydrogens (primary N) is 2. The normalized spacial score (nSPS) is 10.3. The van der Waals surface area contributed by atoms with Crippen LogP contribution in [-0.4, -0.2) is 53.6 Å². The van der Waals surface area contributed by atoms with Gasteiger partial charge in [0.15, 0.2) is 5.91 Å². The SMILES string of the molecule is CNC(=O)c1cc[c-]c(C(=O)Nc2c(C)c(C)c(C)c(C)c2C)c1.Cc1c(C)c(C)c(N)c(C)c1C.Cc1ccc(C#N)cc1C(=O)Nc1c(C)c(C)c(C)c(C)c1C.Cc1ccc(C(N)=O)cc1C(=O)Nc1c(C)c(C)c(C)c(C)c1C.Cc1ccc(C)c(C(=O)Nc2c(C)c(C)c(C)c(C)c2C)c1.Cc1ccc(C)c(C(=O)O)c1.[Y]. The predicted octanol–water partition coefficient (Wildman–Crippen LogP) is 22.1. The van der Waals surface area contributed by atoms with Crippen molar-refractivity contribution in [3.05, 3.63) is 314 Å². The molecule has 117 heavy (non-hydrogen) atoms. The molecule has 6 amide bonds. The Balaban J connectivity index is 0.000000301. The van der Waals surface area contributed by atoms with Crippen LogP contribution in [0.15, 0.2) is 91.0 Å². The molecule has 0 aromatic heterocycles. The summed E-state index contributed by atoms with van der Waals surface area (Å²) in [5, 5.41) is 32.5. The minimum Gasteiger partial charge on any atom is -0.478 e. The summed E-state index contributed by atoms with van der Waals surface area (Å²) in [7, 11) is 1.56. The van der Waals surface area contributed by atoms with Crippen LogP contribution in [0.5, 0.6) is 0 Å². The molecule has 10 aromatic carbocycles. The Hall–Kier alpha value is -11.1. The maximum atomic E-state index is 12.8. The molecule has 0 aliphatic heterocycles. The fourth-order valence-electron chi connectivity index (χ4n) is 13.8. The van der Waals surface area contributed by atoms with Gasteiger partial charge in [-0.05, 0) is 418 Å². The number of nitriles is 1. The van der Waals surface area contributed by atoms with Crippen molar-refractivity contribution in [1.29, 1.82) is 5.26 Å². The number of benzene rings is 10. The van der Waals surface area contributed by atoms with Crippen molar-refractivity contribution in [2.24, 2.45) is 5.73 Å². The van der Waals surface area contributed by atoms with Crippen LogP contribution in [0.25, 0.3) is 0 Å². The van der Waals surface area contributed by atoms with Crippen LogP contribution in [0.3, 0.4) is 0 Å². The fourth-order valence-corrected chi connectivity index (χ4v) is 13.8. The van der Waals surface area contributed by atoms with E-state index in [0.29, 0.717) is 38.9 Å². The zero-order valence-corrected chi connectivity index (χ0v) is 78.0. The summed E-state index contributed by atoms with van der Waals surface area (Å²) in [4.78, 5) is 84.4. The molecule has 0 heterocycles. The first-order valence-corrected chi connectivity index (χ1v) is 38.9. The quantitative estimate of drug-likeness (QED) is 0.0448. The molecular formula is C100H121N8O8Y-. The van der Waals surface area contributed by atoms with E-state index >= 15 is 0 Å². The van der Waals surface area contributed by atoms with Crippen LogP contribution < -0.4 is 38.1 Å². The van der Waals surface area contributed by atoms with E-state index in [1.165, 1.54) is 94.6 Å². The number of amides is 6. The Bertz CT molecular complexity index is 5400. The minimum atomic E-state index is -0.855. The predicted molar refractivity (Wildman–Crippen MR) is 480 cm³/mol. The van der Waals surface area contributed by atoms with Gasteiger partial charge in [0, 0.05) is 90.4 Å². The number of nitrogens with one attached hydrogen (secondary N) is 5. The number of nitrogen functional groups attached to an aromatic ring is 1. The van der Waals surface area contributed by atoms with Crippen molar-refractivity contribution in [1.82, 2.24) is 5.32 Å². The summed E-state index contributed by atoms with van der Waals surface area (Å²) in [6.45, 7) is 63.3. The Kier molecular flexibility index (Phi) is 35.4. The van der Waals surface area contributed by atoms with Crippen molar-refractivity contribution in [2.45, 2.75) is 215 Å². The van der Waals surface area contributed by atoms with Gasteiger partial charge >= 0.3 is 5.97 Å². The van der Waals surface area contributed by atoms with E-state index in [-0.39, 0.29) is 62.2 Å². The zero-order chi connectivity index (χ0) is 88.0. The van der Waals surface area contributed by atoms with Gasteiger partial charge in [0.25, 0.3) is 17.7 Å². The number of carboxylic acids is 1. The monoisotopic (exact) mass is 1650 g/mol. The van der Waals surface area contributed by atoms with Gasteiger partial charge in [0.05, 0.1) is 17.2 Å². The number of anilines is 5. The smallest absolute Gasteiger partial charge is 0.335 e. The number of hydrogen-bond acceptors (Lipinski definition) is 9. The van der Waals surface area contributed by atoms with Gasteiger partial charge in [-0.25, -0.2) is 4.79 Å². The molecule has 0 atom stereocenters.